The number of nitrogens with zero attached hydrogens (tertiary/aromatic N) is 4. The predicted molar refractivity (Wildman–Crippen MR) is 103 cm³/mol. The van der Waals surface area contributed by atoms with Gasteiger partial charge in [0.15, 0.2) is 0 Å². The van der Waals surface area contributed by atoms with Crippen LogP contribution in [-0.2, 0) is 21.4 Å². The second-order valence-corrected chi connectivity index (χ2v) is 8.77. The summed E-state index contributed by atoms with van der Waals surface area (Å²) < 4.78 is 26.4. The van der Waals surface area contributed by atoms with Crippen molar-refractivity contribution < 1.29 is 18.3 Å². The van der Waals surface area contributed by atoms with Crippen LogP contribution in [0.5, 0.6) is 0 Å². The number of hydrogen-bond acceptors (Lipinski definition) is 6. The second kappa shape index (κ2) is 7.83. The highest BCUT2D eigenvalue weighted by atomic mass is 32.2. The van der Waals surface area contributed by atoms with Crippen LogP contribution in [0.4, 0.5) is 5.95 Å². The number of aromatic nitrogens is 2. The second-order valence-electron chi connectivity index (χ2n) is 6.78. The normalized spacial score (nSPS) is 17.2. The van der Waals surface area contributed by atoms with Gasteiger partial charge >= 0.3 is 0 Å². The molecule has 0 radical (unpaired) electrons. The lowest BCUT2D eigenvalue weighted by Crippen LogP contribution is -2.51. The van der Waals surface area contributed by atoms with Crippen LogP contribution in [0.3, 0.4) is 0 Å². The maximum absolute atomic E-state index is 12.8. The first-order valence-electron chi connectivity index (χ1n) is 8.86. The molecule has 0 spiro atoms. The Bertz CT molecular complexity index is 917. The lowest BCUT2D eigenvalue weighted by molar-refractivity contribution is -0.132. The molecular formula is C17H25N5O4S. The monoisotopic (exact) mass is 395 g/mol. The van der Waals surface area contributed by atoms with Crippen LogP contribution in [0.2, 0.25) is 0 Å². The molecule has 10 heteroatoms. The Hall–Kier alpha value is -2.17. The van der Waals surface area contributed by atoms with Crippen molar-refractivity contribution in [3.63, 3.8) is 0 Å². The fraction of sp³-hybridized carbons (Fsp3) is 0.529. The van der Waals surface area contributed by atoms with Crippen molar-refractivity contribution in [1.29, 1.82) is 0 Å². The van der Waals surface area contributed by atoms with Gasteiger partial charge in [-0.05, 0) is 19.1 Å². The molecule has 0 bridgehead atoms. The number of imidazole rings is 1. The van der Waals surface area contributed by atoms with Gasteiger partial charge in [-0.1, -0.05) is 12.1 Å². The first-order chi connectivity index (χ1) is 12.8. The van der Waals surface area contributed by atoms with E-state index in [0.717, 1.165) is 11.0 Å². The average molecular weight is 395 g/mol. The molecule has 1 atom stereocenters. The lowest BCUT2D eigenvalue weighted by Gasteiger charge is -2.33. The molecule has 2 N–H and O–H groups in total. The number of carbonyl (C=O) groups is 1. The van der Waals surface area contributed by atoms with E-state index in [4.69, 9.17) is 0 Å². The molecule has 1 aromatic heterocycles. The van der Waals surface area contributed by atoms with Crippen molar-refractivity contribution in [1.82, 2.24) is 18.8 Å². The number of rotatable bonds is 6. The summed E-state index contributed by atoms with van der Waals surface area (Å²) in [6.07, 6.45) is 0.639. The number of fused-ring (bicyclic) bond motifs is 1. The van der Waals surface area contributed by atoms with E-state index in [-0.39, 0.29) is 12.5 Å². The third-order valence-electron chi connectivity index (χ3n) is 4.56. The summed E-state index contributed by atoms with van der Waals surface area (Å²) in [5, 5.41) is 12.6. The number of benzene rings is 1. The van der Waals surface area contributed by atoms with Gasteiger partial charge in [0.05, 0.1) is 23.4 Å². The van der Waals surface area contributed by atoms with Crippen molar-refractivity contribution >= 4 is 32.9 Å². The molecular weight excluding hydrogens is 370 g/mol. The molecule has 1 amide bonds. The summed E-state index contributed by atoms with van der Waals surface area (Å²) in [6, 6.07) is 7.53. The Kier molecular flexibility index (Phi) is 5.68. The SMILES string of the molecule is CC(O)CNc1nc2ccccc2n1CC(=O)N1CCN(S(C)(=O)=O)CC1. The highest BCUT2D eigenvalue weighted by molar-refractivity contribution is 7.88. The summed E-state index contributed by atoms with van der Waals surface area (Å²) in [7, 11) is -3.23. The van der Waals surface area contributed by atoms with E-state index < -0.39 is 16.1 Å². The Morgan fingerprint density at radius 3 is 2.56 bits per heavy atom. The van der Waals surface area contributed by atoms with Crippen molar-refractivity contribution in [3.05, 3.63) is 24.3 Å². The van der Waals surface area contributed by atoms with Gasteiger partial charge in [-0.15, -0.1) is 0 Å². The highest BCUT2D eigenvalue weighted by Crippen LogP contribution is 2.20. The topological polar surface area (TPSA) is 108 Å². The number of carbonyl (C=O) groups excluding carboxylic acids is 1. The van der Waals surface area contributed by atoms with E-state index in [1.807, 2.05) is 24.3 Å². The highest BCUT2D eigenvalue weighted by Gasteiger charge is 2.26. The first kappa shape index (κ1) is 19.6. The molecule has 27 heavy (non-hydrogen) atoms. The molecule has 1 saturated heterocycles. The zero-order chi connectivity index (χ0) is 19.6. The van der Waals surface area contributed by atoms with Crippen LogP contribution in [0, 0.1) is 0 Å². The standard InChI is InChI=1S/C17H25N5O4S/c1-13(23)11-18-17-19-14-5-3-4-6-15(14)22(17)12-16(24)20-7-9-21(10-8-20)27(2,25)26/h3-6,13,23H,7-12H2,1-2H3,(H,18,19). The van der Waals surface area contributed by atoms with E-state index >= 15 is 0 Å². The number of para-hydroxylation sites is 2. The van der Waals surface area contributed by atoms with Crippen molar-refractivity contribution in [2.75, 3.05) is 44.3 Å². The molecule has 1 unspecified atom stereocenters. The van der Waals surface area contributed by atoms with E-state index in [9.17, 15) is 18.3 Å². The molecule has 3 rings (SSSR count). The van der Waals surface area contributed by atoms with Gasteiger partial charge in [-0.3, -0.25) is 4.79 Å². The number of piperazine rings is 1. The van der Waals surface area contributed by atoms with Crippen LogP contribution in [0.15, 0.2) is 24.3 Å². The fourth-order valence-corrected chi connectivity index (χ4v) is 3.94. The molecule has 9 nitrogen and oxygen atoms in total. The number of anilines is 1. The van der Waals surface area contributed by atoms with Crippen LogP contribution in [0.25, 0.3) is 11.0 Å². The molecule has 1 aliphatic rings. The zero-order valence-electron chi connectivity index (χ0n) is 15.5. The minimum atomic E-state index is -3.23. The van der Waals surface area contributed by atoms with Gasteiger partial charge in [0.25, 0.3) is 0 Å². The van der Waals surface area contributed by atoms with Gasteiger partial charge in [0.2, 0.25) is 21.9 Å². The fourth-order valence-electron chi connectivity index (χ4n) is 3.11. The summed E-state index contributed by atoms with van der Waals surface area (Å²) in [5.41, 5.74) is 1.59. The van der Waals surface area contributed by atoms with Gasteiger partial charge in [-0.2, -0.15) is 4.31 Å². The third kappa shape index (κ3) is 4.57. The zero-order valence-corrected chi connectivity index (χ0v) is 16.3. The van der Waals surface area contributed by atoms with Crippen molar-refractivity contribution in [2.45, 2.75) is 19.6 Å². The number of amides is 1. The molecule has 1 fully saturated rings. The number of nitrogens with one attached hydrogen (secondary N) is 1. The summed E-state index contributed by atoms with van der Waals surface area (Å²) >= 11 is 0. The van der Waals surface area contributed by atoms with Crippen LogP contribution >= 0.6 is 0 Å². The number of aliphatic hydroxyl groups is 1. The number of aliphatic hydroxyl groups excluding tert-OH is 1. The van der Waals surface area contributed by atoms with E-state index in [0.29, 0.717) is 38.7 Å². The molecule has 148 valence electrons. The van der Waals surface area contributed by atoms with Crippen LogP contribution < -0.4 is 5.32 Å². The van der Waals surface area contributed by atoms with Crippen molar-refractivity contribution in [2.24, 2.45) is 0 Å². The molecule has 0 aliphatic carbocycles. The van der Waals surface area contributed by atoms with Crippen molar-refractivity contribution in [3.8, 4) is 0 Å². The van der Waals surface area contributed by atoms with Gasteiger partial charge in [0.1, 0.15) is 6.54 Å². The van der Waals surface area contributed by atoms with Gasteiger partial charge in [0, 0.05) is 32.7 Å². The largest absolute Gasteiger partial charge is 0.392 e. The molecule has 2 aromatic rings. The van der Waals surface area contributed by atoms with Gasteiger partial charge < -0.3 is 19.9 Å². The summed E-state index contributed by atoms with van der Waals surface area (Å²) in [5.74, 6) is 0.437. The maximum atomic E-state index is 12.8. The first-order valence-corrected chi connectivity index (χ1v) is 10.7. The summed E-state index contributed by atoms with van der Waals surface area (Å²) in [6.45, 7) is 3.45. The van der Waals surface area contributed by atoms with E-state index in [1.165, 1.54) is 10.6 Å². The molecule has 0 saturated carbocycles. The average Bonchev–Trinajstić information content (AvgIpc) is 2.97. The number of hydrogen-bond donors (Lipinski definition) is 2. The Morgan fingerprint density at radius 1 is 1.26 bits per heavy atom. The van der Waals surface area contributed by atoms with Crippen LogP contribution in [-0.4, -0.2) is 83.3 Å². The molecule has 2 heterocycles. The Balaban J connectivity index is 1.75. The predicted octanol–water partition coefficient (Wildman–Crippen LogP) is -0.0672. The maximum Gasteiger partial charge on any atom is 0.242 e. The van der Waals surface area contributed by atoms with E-state index in [2.05, 4.69) is 10.3 Å². The quantitative estimate of drug-likeness (QED) is 0.709. The molecule has 1 aliphatic heterocycles. The minimum Gasteiger partial charge on any atom is -0.392 e. The third-order valence-corrected chi connectivity index (χ3v) is 5.87. The lowest BCUT2D eigenvalue weighted by atomic mass is 10.3. The van der Waals surface area contributed by atoms with Crippen LogP contribution in [0.1, 0.15) is 6.92 Å². The summed E-state index contributed by atoms with van der Waals surface area (Å²) in [4.78, 5) is 19.0. The smallest absolute Gasteiger partial charge is 0.242 e. The molecule has 1 aromatic carbocycles. The Labute approximate surface area is 158 Å². The van der Waals surface area contributed by atoms with Gasteiger partial charge in [-0.25, -0.2) is 13.4 Å². The Morgan fingerprint density at radius 2 is 1.93 bits per heavy atom. The minimum absolute atomic E-state index is 0.0913. The number of sulfonamides is 1. The van der Waals surface area contributed by atoms with E-state index in [1.54, 1.807) is 16.4 Å².